The second kappa shape index (κ2) is 8.18. The number of thioether (sulfide) groups is 1. The third kappa shape index (κ3) is 4.08. The van der Waals surface area contributed by atoms with Crippen LogP contribution in [0.2, 0.25) is 0 Å². The Morgan fingerprint density at radius 2 is 2.13 bits per heavy atom. The molecule has 2 aliphatic heterocycles. The van der Waals surface area contributed by atoms with Crippen molar-refractivity contribution >= 4 is 17.7 Å². The Balaban J connectivity index is 1.65. The van der Waals surface area contributed by atoms with Gasteiger partial charge in [0, 0.05) is 33.3 Å². The molecular weight excluding hydrogens is 308 g/mol. The fourth-order valence-corrected chi connectivity index (χ4v) is 4.67. The molecule has 0 radical (unpaired) electrons. The largest absolute Gasteiger partial charge is 0.383 e. The Morgan fingerprint density at radius 1 is 1.26 bits per heavy atom. The fraction of sp³-hybridized carbons (Fsp3) is 0.611. The fourth-order valence-electron chi connectivity index (χ4n) is 3.40. The zero-order valence-electron chi connectivity index (χ0n) is 13.9. The molecule has 2 heterocycles. The lowest BCUT2D eigenvalue weighted by molar-refractivity contribution is -0.130. The predicted molar refractivity (Wildman–Crippen MR) is 94.9 cm³/mol. The molecule has 0 aromatic heterocycles. The van der Waals surface area contributed by atoms with Crippen molar-refractivity contribution in [3.8, 4) is 0 Å². The van der Waals surface area contributed by atoms with Gasteiger partial charge in [0.15, 0.2) is 0 Å². The number of carbonyl (C=O) groups excluding carboxylic acids is 1. The van der Waals surface area contributed by atoms with Crippen LogP contribution in [0.25, 0.3) is 0 Å². The number of hydrogen-bond donors (Lipinski definition) is 0. The first-order valence-corrected chi connectivity index (χ1v) is 9.54. The van der Waals surface area contributed by atoms with Crippen LogP contribution in [0.3, 0.4) is 0 Å². The molecule has 3 rings (SSSR count). The molecule has 1 saturated heterocycles. The maximum absolute atomic E-state index is 13.1. The molecule has 0 N–H and O–H groups in total. The van der Waals surface area contributed by atoms with Crippen molar-refractivity contribution in [2.45, 2.75) is 18.1 Å². The van der Waals surface area contributed by atoms with Crippen LogP contribution < -0.4 is 0 Å². The van der Waals surface area contributed by atoms with E-state index in [0.717, 1.165) is 57.9 Å². The van der Waals surface area contributed by atoms with E-state index in [-0.39, 0.29) is 5.25 Å². The molecule has 0 spiro atoms. The lowest BCUT2D eigenvalue weighted by Gasteiger charge is -2.30. The quantitative estimate of drug-likeness (QED) is 0.845. The summed E-state index contributed by atoms with van der Waals surface area (Å²) in [5.41, 5.74) is 2.58. The zero-order chi connectivity index (χ0) is 16.1. The van der Waals surface area contributed by atoms with E-state index in [4.69, 9.17) is 4.74 Å². The number of carbonyl (C=O) groups is 1. The van der Waals surface area contributed by atoms with Crippen molar-refractivity contribution in [2.75, 3.05) is 52.2 Å². The van der Waals surface area contributed by atoms with Crippen LogP contribution in [0.1, 0.15) is 22.8 Å². The summed E-state index contributed by atoms with van der Waals surface area (Å²) in [4.78, 5) is 17.5. The molecule has 1 aromatic rings. The first-order chi connectivity index (χ1) is 11.3. The van der Waals surface area contributed by atoms with Crippen molar-refractivity contribution in [3.05, 3.63) is 35.4 Å². The zero-order valence-corrected chi connectivity index (χ0v) is 14.7. The van der Waals surface area contributed by atoms with Gasteiger partial charge < -0.3 is 9.64 Å². The van der Waals surface area contributed by atoms with Crippen LogP contribution in [0.15, 0.2) is 24.3 Å². The molecule has 1 fully saturated rings. The highest BCUT2D eigenvalue weighted by molar-refractivity contribution is 8.00. The predicted octanol–water partition coefficient (Wildman–Crippen LogP) is 2.20. The van der Waals surface area contributed by atoms with Gasteiger partial charge in [0.2, 0.25) is 5.91 Å². The molecule has 4 nitrogen and oxygen atoms in total. The van der Waals surface area contributed by atoms with E-state index >= 15 is 0 Å². The molecule has 0 bridgehead atoms. The normalized spacial score (nSPS) is 22.5. The van der Waals surface area contributed by atoms with Crippen LogP contribution in [0.4, 0.5) is 0 Å². The van der Waals surface area contributed by atoms with E-state index in [1.54, 1.807) is 18.9 Å². The maximum atomic E-state index is 13.1. The standard InChI is InChI=1S/C18H26N2O2S/c1-22-13-12-19-8-4-9-20(11-10-19)18(21)17-16-6-3-2-5-15(16)7-14-23-17/h2-3,5-6,17H,4,7-14H2,1H3/t17-/m0/s1. The summed E-state index contributed by atoms with van der Waals surface area (Å²) in [6.45, 7) is 5.44. The minimum Gasteiger partial charge on any atom is -0.383 e. The molecule has 1 amide bonds. The lowest BCUT2D eigenvalue weighted by atomic mass is 10.0. The van der Waals surface area contributed by atoms with E-state index in [1.165, 1.54) is 11.1 Å². The van der Waals surface area contributed by atoms with Gasteiger partial charge in [-0.1, -0.05) is 24.3 Å². The van der Waals surface area contributed by atoms with Crippen LogP contribution in [-0.4, -0.2) is 67.9 Å². The minimum absolute atomic E-state index is 0.00882. The number of amides is 1. The lowest BCUT2D eigenvalue weighted by Crippen LogP contribution is -2.38. The third-order valence-corrected chi connectivity index (χ3v) is 5.96. The number of fused-ring (bicyclic) bond motifs is 1. The summed E-state index contributed by atoms with van der Waals surface area (Å²) in [6.07, 6.45) is 2.13. The van der Waals surface area contributed by atoms with Crippen molar-refractivity contribution < 1.29 is 9.53 Å². The molecule has 1 atom stereocenters. The van der Waals surface area contributed by atoms with E-state index in [9.17, 15) is 4.79 Å². The average molecular weight is 334 g/mol. The topological polar surface area (TPSA) is 32.8 Å². The number of aryl methyl sites for hydroxylation is 1. The molecule has 1 aromatic carbocycles. The highest BCUT2D eigenvalue weighted by Crippen LogP contribution is 2.38. The van der Waals surface area contributed by atoms with Gasteiger partial charge >= 0.3 is 0 Å². The Bertz CT molecular complexity index is 538. The molecule has 0 saturated carbocycles. The van der Waals surface area contributed by atoms with E-state index in [1.807, 2.05) is 0 Å². The molecule has 0 unspecified atom stereocenters. The SMILES string of the molecule is COCCN1CCCN(C(=O)[C@H]2SCCc3ccccc32)CC1. The summed E-state index contributed by atoms with van der Waals surface area (Å²) in [7, 11) is 1.74. The Labute approximate surface area is 143 Å². The molecular formula is C18H26N2O2S. The van der Waals surface area contributed by atoms with Gasteiger partial charge in [-0.3, -0.25) is 9.69 Å². The smallest absolute Gasteiger partial charge is 0.240 e. The summed E-state index contributed by atoms with van der Waals surface area (Å²) in [6, 6.07) is 8.44. The summed E-state index contributed by atoms with van der Waals surface area (Å²) < 4.78 is 5.17. The Morgan fingerprint density at radius 3 is 3.00 bits per heavy atom. The Hall–Kier alpha value is -1.04. The summed E-state index contributed by atoms with van der Waals surface area (Å²) in [5, 5.41) is -0.00882. The van der Waals surface area contributed by atoms with Crippen molar-refractivity contribution in [1.29, 1.82) is 0 Å². The number of methoxy groups -OCH3 is 1. The van der Waals surface area contributed by atoms with Crippen LogP contribution in [0.5, 0.6) is 0 Å². The van der Waals surface area contributed by atoms with Crippen molar-refractivity contribution in [3.63, 3.8) is 0 Å². The van der Waals surface area contributed by atoms with Crippen molar-refractivity contribution in [1.82, 2.24) is 9.80 Å². The summed E-state index contributed by atoms with van der Waals surface area (Å²) >= 11 is 1.80. The van der Waals surface area contributed by atoms with Crippen LogP contribution in [-0.2, 0) is 16.0 Å². The van der Waals surface area contributed by atoms with Gasteiger partial charge in [0.05, 0.1) is 6.61 Å². The first-order valence-electron chi connectivity index (χ1n) is 8.49. The number of hydrogen-bond acceptors (Lipinski definition) is 4. The number of nitrogens with zero attached hydrogens (tertiary/aromatic N) is 2. The highest BCUT2D eigenvalue weighted by atomic mass is 32.2. The second-order valence-corrected chi connectivity index (χ2v) is 7.43. The number of rotatable bonds is 4. The third-order valence-electron chi connectivity index (χ3n) is 4.73. The monoisotopic (exact) mass is 334 g/mol. The van der Waals surface area contributed by atoms with Crippen LogP contribution >= 0.6 is 11.8 Å². The van der Waals surface area contributed by atoms with Gasteiger partial charge in [-0.2, -0.15) is 0 Å². The molecule has 126 valence electrons. The molecule has 5 heteroatoms. The first kappa shape index (κ1) is 16.8. The van der Waals surface area contributed by atoms with Gasteiger partial charge in [-0.15, -0.1) is 11.8 Å². The second-order valence-electron chi connectivity index (χ2n) is 6.21. The van der Waals surface area contributed by atoms with Gasteiger partial charge in [-0.25, -0.2) is 0 Å². The molecule has 23 heavy (non-hydrogen) atoms. The van der Waals surface area contributed by atoms with Crippen LogP contribution in [0, 0.1) is 0 Å². The van der Waals surface area contributed by atoms with Crippen molar-refractivity contribution in [2.24, 2.45) is 0 Å². The number of benzene rings is 1. The minimum atomic E-state index is -0.00882. The van der Waals surface area contributed by atoms with E-state index in [2.05, 4.69) is 34.1 Å². The highest BCUT2D eigenvalue weighted by Gasteiger charge is 2.31. The van der Waals surface area contributed by atoms with E-state index in [0.29, 0.717) is 5.91 Å². The maximum Gasteiger partial charge on any atom is 0.240 e. The number of ether oxygens (including phenoxy) is 1. The van der Waals surface area contributed by atoms with Gasteiger partial charge in [0.1, 0.15) is 5.25 Å². The average Bonchev–Trinajstić information content (AvgIpc) is 2.84. The van der Waals surface area contributed by atoms with E-state index < -0.39 is 0 Å². The molecule has 2 aliphatic rings. The van der Waals surface area contributed by atoms with Gasteiger partial charge in [-0.05, 0) is 36.3 Å². The Kier molecular flexibility index (Phi) is 5.97. The van der Waals surface area contributed by atoms with Gasteiger partial charge in [0.25, 0.3) is 0 Å². The molecule has 0 aliphatic carbocycles. The summed E-state index contributed by atoms with van der Waals surface area (Å²) in [5.74, 6) is 1.34.